The van der Waals surface area contributed by atoms with Crippen molar-refractivity contribution in [1.82, 2.24) is 10.6 Å². The quantitative estimate of drug-likeness (QED) is 0.336. The predicted octanol–water partition coefficient (Wildman–Crippen LogP) is 4.75. The van der Waals surface area contributed by atoms with Gasteiger partial charge in [0.05, 0.1) is 6.04 Å². The molecule has 1 aliphatic rings. The fraction of sp³-hybridized carbons (Fsp3) is 0.588. The van der Waals surface area contributed by atoms with Gasteiger partial charge in [0.2, 0.25) is 0 Å². The molecular weight excluding hydrogens is 492 g/mol. The first-order valence-electron chi connectivity index (χ1n) is 8.05. The van der Waals surface area contributed by atoms with E-state index >= 15 is 0 Å². The number of aliphatic imine (C=N–C) groups is 1. The molecule has 0 radical (unpaired) electrons. The van der Waals surface area contributed by atoms with Crippen molar-refractivity contribution in [3.63, 3.8) is 0 Å². The fourth-order valence-electron chi connectivity index (χ4n) is 2.77. The van der Waals surface area contributed by atoms with Crippen molar-refractivity contribution in [3.05, 3.63) is 33.8 Å². The smallest absolute Gasteiger partial charge is 0.191 e. The largest absolute Gasteiger partial charge is 0.381 e. The molecule has 0 saturated carbocycles. The maximum Gasteiger partial charge on any atom is 0.191 e. The highest BCUT2D eigenvalue weighted by molar-refractivity contribution is 14.0. The third kappa shape index (κ3) is 6.65. The summed E-state index contributed by atoms with van der Waals surface area (Å²) >= 11 is 14.2. The van der Waals surface area contributed by atoms with E-state index in [1.54, 1.807) is 13.1 Å². The Morgan fingerprint density at radius 3 is 2.60 bits per heavy atom. The number of benzene rings is 1. The Morgan fingerprint density at radius 1 is 1.36 bits per heavy atom. The molecule has 1 unspecified atom stereocenters. The van der Waals surface area contributed by atoms with Crippen LogP contribution in [0.4, 0.5) is 0 Å². The number of nitrogens with one attached hydrogen (secondary N) is 2. The van der Waals surface area contributed by atoms with Crippen molar-refractivity contribution in [1.29, 1.82) is 0 Å². The Morgan fingerprint density at radius 2 is 2.04 bits per heavy atom. The molecule has 1 aliphatic heterocycles. The summed E-state index contributed by atoms with van der Waals surface area (Å²) in [6.45, 7) is 4.57. The average Bonchev–Trinajstić information content (AvgIpc) is 2.59. The SMILES string of the molecule is CN=C(NCC1(SC)CCOCC1)NC(C)c1ccc(Cl)cc1Cl.I. The summed E-state index contributed by atoms with van der Waals surface area (Å²) in [5, 5.41) is 8.15. The molecule has 1 fully saturated rings. The van der Waals surface area contributed by atoms with E-state index in [4.69, 9.17) is 27.9 Å². The average molecular weight is 518 g/mol. The van der Waals surface area contributed by atoms with Gasteiger partial charge in [0, 0.05) is 41.6 Å². The van der Waals surface area contributed by atoms with Gasteiger partial charge in [-0.1, -0.05) is 29.3 Å². The van der Waals surface area contributed by atoms with Gasteiger partial charge >= 0.3 is 0 Å². The van der Waals surface area contributed by atoms with Gasteiger partial charge in [-0.15, -0.1) is 24.0 Å². The molecule has 0 aliphatic carbocycles. The molecule has 2 rings (SSSR count). The normalized spacial score (nSPS) is 18.2. The Labute approximate surface area is 181 Å². The van der Waals surface area contributed by atoms with Gasteiger partial charge in [0.1, 0.15) is 0 Å². The van der Waals surface area contributed by atoms with Gasteiger partial charge in [-0.25, -0.2) is 0 Å². The first kappa shape index (κ1) is 23.1. The first-order chi connectivity index (χ1) is 11.5. The Bertz CT molecular complexity index is 583. The number of rotatable bonds is 5. The molecule has 1 aromatic carbocycles. The second-order valence-electron chi connectivity index (χ2n) is 5.96. The van der Waals surface area contributed by atoms with Crippen LogP contribution < -0.4 is 10.6 Å². The summed E-state index contributed by atoms with van der Waals surface area (Å²) in [5.41, 5.74) is 0.995. The van der Waals surface area contributed by atoms with Gasteiger partial charge < -0.3 is 15.4 Å². The molecule has 8 heteroatoms. The van der Waals surface area contributed by atoms with Crippen LogP contribution in [0.25, 0.3) is 0 Å². The highest BCUT2D eigenvalue weighted by Crippen LogP contribution is 2.33. The maximum absolute atomic E-state index is 6.29. The van der Waals surface area contributed by atoms with Gasteiger partial charge in [-0.2, -0.15) is 11.8 Å². The van der Waals surface area contributed by atoms with Crippen LogP contribution in [0.5, 0.6) is 0 Å². The monoisotopic (exact) mass is 517 g/mol. The predicted molar refractivity (Wildman–Crippen MR) is 121 cm³/mol. The number of hydrogen-bond acceptors (Lipinski definition) is 3. The fourth-order valence-corrected chi connectivity index (χ4v) is 4.14. The number of ether oxygens (including phenoxy) is 1. The lowest BCUT2D eigenvalue weighted by molar-refractivity contribution is 0.0782. The molecule has 1 saturated heterocycles. The summed E-state index contributed by atoms with van der Waals surface area (Å²) in [6, 6.07) is 5.58. The summed E-state index contributed by atoms with van der Waals surface area (Å²) < 4.78 is 5.70. The van der Waals surface area contributed by atoms with E-state index in [2.05, 4.69) is 28.8 Å². The van der Waals surface area contributed by atoms with Crippen LogP contribution in [0.1, 0.15) is 31.4 Å². The molecule has 1 heterocycles. The molecule has 0 bridgehead atoms. The van der Waals surface area contributed by atoms with Crippen molar-refractivity contribution in [2.24, 2.45) is 4.99 Å². The first-order valence-corrected chi connectivity index (χ1v) is 10.0. The minimum Gasteiger partial charge on any atom is -0.381 e. The minimum absolute atomic E-state index is 0. The lowest BCUT2D eigenvalue weighted by Crippen LogP contribution is -2.48. The van der Waals surface area contributed by atoms with E-state index in [1.165, 1.54) is 0 Å². The molecule has 0 spiro atoms. The molecule has 0 amide bonds. The van der Waals surface area contributed by atoms with Crippen molar-refractivity contribution >= 4 is 64.9 Å². The second kappa shape index (κ2) is 11.1. The molecule has 1 aromatic rings. The van der Waals surface area contributed by atoms with E-state index < -0.39 is 0 Å². The van der Waals surface area contributed by atoms with Gasteiger partial charge in [0.15, 0.2) is 5.96 Å². The van der Waals surface area contributed by atoms with E-state index in [9.17, 15) is 0 Å². The molecule has 4 nitrogen and oxygen atoms in total. The molecule has 0 aromatic heterocycles. The van der Waals surface area contributed by atoms with Crippen molar-refractivity contribution in [2.75, 3.05) is 33.1 Å². The van der Waals surface area contributed by atoms with E-state index in [-0.39, 0.29) is 34.8 Å². The summed E-state index contributed by atoms with van der Waals surface area (Å²) in [6.07, 6.45) is 4.27. The zero-order valence-electron chi connectivity index (χ0n) is 14.8. The van der Waals surface area contributed by atoms with E-state index in [0.29, 0.717) is 10.0 Å². The van der Waals surface area contributed by atoms with Crippen LogP contribution in [0.3, 0.4) is 0 Å². The lowest BCUT2D eigenvalue weighted by Gasteiger charge is -2.36. The zero-order valence-corrected chi connectivity index (χ0v) is 19.4. The summed E-state index contributed by atoms with van der Waals surface area (Å²) in [7, 11) is 1.78. The summed E-state index contributed by atoms with van der Waals surface area (Å²) in [5.74, 6) is 0.772. The Hall–Kier alpha value is 0.110. The zero-order chi connectivity index (χ0) is 17.6. The third-order valence-electron chi connectivity index (χ3n) is 4.42. The van der Waals surface area contributed by atoms with Gasteiger partial charge in [-0.05, 0) is 43.7 Å². The van der Waals surface area contributed by atoms with Crippen LogP contribution in [0.2, 0.25) is 10.0 Å². The number of guanidine groups is 1. The summed E-state index contributed by atoms with van der Waals surface area (Å²) in [4.78, 5) is 4.34. The lowest BCUT2D eigenvalue weighted by atomic mass is 9.99. The maximum atomic E-state index is 6.29. The van der Waals surface area contributed by atoms with Gasteiger partial charge in [0.25, 0.3) is 0 Å². The van der Waals surface area contributed by atoms with E-state index in [1.807, 2.05) is 23.9 Å². The third-order valence-corrected chi connectivity index (χ3v) is 6.40. The van der Waals surface area contributed by atoms with Crippen LogP contribution in [0.15, 0.2) is 23.2 Å². The highest BCUT2D eigenvalue weighted by Gasteiger charge is 2.31. The highest BCUT2D eigenvalue weighted by atomic mass is 127. The second-order valence-corrected chi connectivity index (χ2v) is 8.08. The van der Waals surface area contributed by atoms with Crippen molar-refractivity contribution in [2.45, 2.75) is 30.6 Å². The standard InChI is InChI=1S/C17H25Cl2N3OS.HI/c1-12(14-5-4-13(18)10-15(14)19)22-16(20-2)21-11-17(24-3)6-8-23-9-7-17;/h4-5,10,12H,6-9,11H2,1-3H3,(H2,20,21,22);1H. The number of nitrogens with zero attached hydrogens (tertiary/aromatic N) is 1. The van der Waals surface area contributed by atoms with E-state index in [0.717, 1.165) is 44.1 Å². The number of hydrogen-bond donors (Lipinski definition) is 2. The van der Waals surface area contributed by atoms with Crippen LogP contribution in [-0.2, 0) is 4.74 Å². The topological polar surface area (TPSA) is 45.7 Å². The van der Waals surface area contributed by atoms with Crippen LogP contribution >= 0.6 is 58.9 Å². The Kier molecular flexibility index (Phi) is 10.2. The molecule has 2 N–H and O–H groups in total. The van der Waals surface area contributed by atoms with Gasteiger partial charge in [-0.3, -0.25) is 4.99 Å². The molecule has 1 atom stereocenters. The van der Waals surface area contributed by atoms with Crippen LogP contribution in [-0.4, -0.2) is 43.8 Å². The molecule has 142 valence electrons. The molecule has 25 heavy (non-hydrogen) atoms. The minimum atomic E-state index is 0. The van der Waals surface area contributed by atoms with Crippen molar-refractivity contribution in [3.8, 4) is 0 Å². The number of halogens is 3. The molecular formula is C17H26Cl2IN3OS. The van der Waals surface area contributed by atoms with Crippen molar-refractivity contribution < 1.29 is 4.74 Å². The Balaban J connectivity index is 0.00000312. The number of thioether (sulfide) groups is 1. The van der Waals surface area contributed by atoms with Crippen LogP contribution in [0, 0.1) is 0 Å².